The van der Waals surface area contributed by atoms with Crippen LogP contribution in [0, 0.1) is 5.82 Å². The minimum atomic E-state index is -0.815. The Morgan fingerprint density at radius 2 is 1.89 bits per heavy atom. The Kier molecular flexibility index (Phi) is 3.36. The molecule has 0 unspecified atom stereocenters. The number of allylic oxidation sites excluding steroid dienone is 2. The van der Waals surface area contributed by atoms with Crippen molar-refractivity contribution in [2.45, 2.75) is 18.3 Å². The second-order valence-electron chi connectivity index (χ2n) is 4.33. The second-order valence-corrected chi connectivity index (χ2v) is 4.33. The summed E-state index contributed by atoms with van der Waals surface area (Å²) in [5, 5.41) is 0. The second kappa shape index (κ2) is 4.80. The fraction of sp³-hybridized carbons (Fsp3) is 0.357. The number of carbonyl (C=O) groups is 1. The van der Waals surface area contributed by atoms with Crippen LogP contribution in [0.3, 0.4) is 0 Å². The van der Waals surface area contributed by atoms with Crippen molar-refractivity contribution in [2.24, 2.45) is 0 Å². The summed E-state index contributed by atoms with van der Waals surface area (Å²) in [6.07, 6.45) is 4.86. The fourth-order valence-corrected chi connectivity index (χ4v) is 2.32. The van der Waals surface area contributed by atoms with Gasteiger partial charge < -0.3 is 9.47 Å². The SMILES string of the molecule is COC(=O)C1(c2cc(F)cc(OC)c2)CC=CC1. The smallest absolute Gasteiger partial charge is 0.316 e. The van der Waals surface area contributed by atoms with E-state index in [0.717, 1.165) is 0 Å². The van der Waals surface area contributed by atoms with Gasteiger partial charge in [0.2, 0.25) is 0 Å². The normalized spacial score (nSPS) is 16.6. The standard InChI is InChI=1S/C14H15FO3/c1-17-12-8-10(7-11(15)9-12)14(13(16)18-2)5-3-4-6-14/h3-4,7-9H,5-6H2,1-2H3. The van der Waals surface area contributed by atoms with Crippen LogP contribution in [0.2, 0.25) is 0 Å². The molecule has 0 N–H and O–H groups in total. The van der Waals surface area contributed by atoms with Crippen LogP contribution in [-0.2, 0) is 14.9 Å². The van der Waals surface area contributed by atoms with Crippen molar-refractivity contribution in [3.8, 4) is 5.75 Å². The zero-order valence-corrected chi connectivity index (χ0v) is 10.4. The first-order chi connectivity index (χ1) is 8.62. The molecule has 4 heteroatoms. The van der Waals surface area contributed by atoms with E-state index in [9.17, 15) is 9.18 Å². The summed E-state index contributed by atoms with van der Waals surface area (Å²) < 4.78 is 23.5. The maximum Gasteiger partial charge on any atom is 0.316 e. The molecule has 0 saturated heterocycles. The molecule has 96 valence electrons. The number of rotatable bonds is 3. The van der Waals surface area contributed by atoms with Gasteiger partial charge >= 0.3 is 5.97 Å². The predicted octanol–water partition coefficient (Wildman–Crippen LogP) is 2.60. The lowest BCUT2D eigenvalue weighted by Gasteiger charge is -2.26. The lowest BCUT2D eigenvalue weighted by atomic mass is 9.78. The van der Waals surface area contributed by atoms with Gasteiger partial charge in [-0.2, -0.15) is 0 Å². The lowest BCUT2D eigenvalue weighted by Crippen LogP contribution is -2.34. The largest absolute Gasteiger partial charge is 0.497 e. The molecule has 18 heavy (non-hydrogen) atoms. The fourth-order valence-electron chi connectivity index (χ4n) is 2.32. The molecule has 0 aliphatic heterocycles. The van der Waals surface area contributed by atoms with Crippen molar-refractivity contribution in [1.82, 2.24) is 0 Å². The highest BCUT2D eigenvalue weighted by Crippen LogP contribution is 2.39. The van der Waals surface area contributed by atoms with Gasteiger partial charge in [0.1, 0.15) is 11.6 Å². The van der Waals surface area contributed by atoms with E-state index < -0.39 is 11.2 Å². The van der Waals surface area contributed by atoms with Crippen LogP contribution in [0.5, 0.6) is 5.75 Å². The first kappa shape index (κ1) is 12.6. The number of halogens is 1. The van der Waals surface area contributed by atoms with Crippen molar-refractivity contribution >= 4 is 5.97 Å². The molecule has 0 radical (unpaired) electrons. The lowest BCUT2D eigenvalue weighted by molar-refractivity contribution is -0.147. The molecule has 0 heterocycles. The van der Waals surface area contributed by atoms with Crippen molar-refractivity contribution in [1.29, 1.82) is 0 Å². The first-order valence-electron chi connectivity index (χ1n) is 5.71. The summed E-state index contributed by atoms with van der Waals surface area (Å²) in [4.78, 5) is 12.0. The van der Waals surface area contributed by atoms with Crippen molar-refractivity contribution in [2.75, 3.05) is 14.2 Å². The summed E-state index contributed by atoms with van der Waals surface area (Å²) >= 11 is 0. The van der Waals surface area contributed by atoms with Gasteiger partial charge in [-0.15, -0.1) is 0 Å². The number of hydrogen-bond acceptors (Lipinski definition) is 3. The van der Waals surface area contributed by atoms with E-state index in [0.29, 0.717) is 24.2 Å². The molecule has 2 rings (SSSR count). The van der Waals surface area contributed by atoms with Gasteiger partial charge in [-0.1, -0.05) is 12.2 Å². The van der Waals surface area contributed by atoms with E-state index in [4.69, 9.17) is 9.47 Å². The number of carbonyl (C=O) groups excluding carboxylic acids is 1. The molecular formula is C14H15FO3. The van der Waals surface area contributed by atoms with Gasteiger partial charge in [0.05, 0.1) is 19.6 Å². The molecule has 0 spiro atoms. The van der Waals surface area contributed by atoms with Gasteiger partial charge in [-0.25, -0.2) is 4.39 Å². The highest BCUT2D eigenvalue weighted by atomic mass is 19.1. The number of esters is 1. The third-order valence-electron chi connectivity index (χ3n) is 3.34. The highest BCUT2D eigenvalue weighted by molar-refractivity contribution is 5.84. The Hall–Kier alpha value is -1.84. The quantitative estimate of drug-likeness (QED) is 0.611. The summed E-state index contributed by atoms with van der Waals surface area (Å²) in [6, 6.07) is 4.34. The Bertz CT molecular complexity index is 486. The minimum Gasteiger partial charge on any atom is -0.497 e. The van der Waals surface area contributed by atoms with Gasteiger partial charge in [0, 0.05) is 6.07 Å². The Morgan fingerprint density at radius 1 is 1.22 bits per heavy atom. The monoisotopic (exact) mass is 250 g/mol. The molecule has 1 aromatic carbocycles. The number of methoxy groups -OCH3 is 2. The molecule has 1 aliphatic rings. The molecule has 1 aromatic rings. The van der Waals surface area contributed by atoms with Crippen LogP contribution < -0.4 is 4.74 Å². The van der Waals surface area contributed by atoms with Crippen LogP contribution >= 0.6 is 0 Å². The zero-order chi connectivity index (χ0) is 13.2. The molecule has 0 fully saturated rings. The predicted molar refractivity (Wildman–Crippen MR) is 65.0 cm³/mol. The van der Waals surface area contributed by atoms with Gasteiger partial charge in [-0.05, 0) is 30.5 Å². The molecule has 0 saturated carbocycles. The van der Waals surface area contributed by atoms with Crippen molar-refractivity contribution in [3.63, 3.8) is 0 Å². The van der Waals surface area contributed by atoms with E-state index in [1.165, 1.54) is 26.4 Å². The molecule has 0 atom stereocenters. The van der Waals surface area contributed by atoms with Crippen LogP contribution in [0.1, 0.15) is 18.4 Å². The topological polar surface area (TPSA) is 35.5 Å². The Morgan fingerprint density at radius 3 is 2.44 bits per heavy atom. The maximum absolute atomic E-state index is 13.6. The van der Waals surface area contributed by atoms with Crippen molar-refractivity contribution < 1.29 is 18.7 Å². The molecular weight excluding hydrogens is 235 g/mol. The molecule has 0 aromatic heterocycles. The van der Waals surface area contributed by atoms with Crippen LogP contribution in [-0.4, -0.2) is 20.2 Å². The number of benzene rings is 1. The molecule has 1 aliphatic carbocycles. The number of hydrogen-bond donors (Lipinski definition) is 0. The van der Waals surface area contributed by atoms with E-state index in [-0.39, 0.29) is 5.97 Å². The first-order valence-corrected chi connectivity index (χ1v) is 5.71. The summed E-state index contributed by atoms with van der Waals surface area (Å²) in [6.45, 7) is 0. The Labute approximate surface area is 105 Å². The van der Waals surface area contributed by atoms with Crippen LogP contribution in [0.15, 0.2) is 30.4 Å². The van der Waals surface area contributed by atoms with E-state index >= 15 is 0 Å². The average Bonchev–Trinajstić information content (AvgIpc) is 2.87. The minimum absolute atomic E-state index is 0.347. The molecule has 0 amide bonds. The van der Waals surface area contributed by atoms with Crippen LogP contribution in [0.25, 0.3) is 0 Å². The third kappa shape index (κ3) is 1.98. The van der Waals surface area contributed by atoms with Crippen LogP contribution in [0.4, 0.5) is 4.39 Å². The summed E-state index contributed by atoms with van der Waals surface area (Å²) in [5.41, 5.74) is -0.222. The maximum atomic E-state index is 13.6. The number of ether oxygens (including phenoxy) is 2. The van der Waals surface area contributed by atoms with Gasteiger partial charge in [0.15, 0.2) is 0 Å². The van der Waals surface area contributed by atoms with Gasteiger partial charge in [0.25, 0.3) is 0 Å². The van der Waals surface area contributed by atoms with Crippen molar-refractivity contribution in [3.05, 3.63) is 41.7 Å². The average molecular weight is 250 g/mol. The Balaban J connectivity index is 2.49. The van der Waals surface area contributed by atoms with E-state index in [2.05, 4.69) is 0 Å². The van der Waals surface area contributed by atoms with Gasteiger partial charge in [-0.3, -0.25) is 4.79 Å². The highest BCUT2D eigenvalue weighted by Gasteiger charge is 2.42. The molecule has 0 bridgehead atoms. The zero-order valence-electron chi connectivity index (χ0n) is 10.4. The summed E-state index contributed by atoms with van der Waals surface area (Å²) in [7, 11) is 2.81. The van der Waals surface area contributed by atoms with E-state index in [1.807, 2.05) is 12.2 Å². The third-order valence-corrected chi connectivity index (χ3v) is 3.34. The van der Waals surface area contributed by atoms with E-state index in [1.54, 1.807) is 6.07 Å². The molecule has 3 nitrogen and oxygen atoms in total. The summed E-state index contributed by atoms with van der Waals surface area (Å²) in [5.74, 6) is -0.361.